The highest BCUT2D eigenvalue weighted by Crippen LogP contribution is 2.24. The Kier molecular flexibility index (Phi) is 2.91. The Morgan fingerprint density at radius 1 is 1.20 bits per heavy atom. The Morgan fingerprint density at radius 3 is 2.55 bits per heavy atom. The Balaban J connectivity index is 2.32. The minimum Gasteiger partial charge on any atom is -0.364 e. The second-order valence-corrected chi connectivity index (χ2v) is 4.85. The van der Waals surface area contributed by atoms with Crippen molar-refractivity contribution in [3.63, 3.8) is 0 Å². The van der Waals surface area contributed by atoms with Crippen LogP contribution >= 0.6 is 11.6 Å². The maximum atomic E-state index is 11.7. The second-order valence-electron chi connectivity index (χ2n) is 4.47. The van der Waals surface area contributed by atoms with Gasteiger partial charge in [-0.2, -0.15) is 5.10 Å². The molecule has 100 valence electrons. The highest BCUT2D eigenvalue weighted by Gasteiger charge is 2.19. The molecule has 2 heterocycles. The van der Waals surface area contributed by atoms with Crippen LogP contribution in [-0.2, 0) is 0 Å². The Labute approximate surface area is 120 Å². The average molecular weight is 287 g/mol. The number of benzene rings is 1. The summed E-state index contributed by atoms with van der Waals surface area (Å²) in [6.07, 6.45) is 0. The predicted molar refractivity (Wildman–Crippen MR) is 76.7 cm³/mol. The summed E-state index contributed by atoms with van der Waals surface area (Å²) in [5, 5.41) is 4.35. The quantitative estimate of drug-likeness (QED) is 0.786. The number of amides is 1. The number of fused-ring (bicyclic) bond motifs is 1. The molecule has 0 saturated heterocycles. The van der Waals surface area contributed by atoms with E-state index in [4.69, 9.17) is 17.3 Å². The van der Waals surface area contributed by atoms with E-state index in [9.17, 15) is 4.79 Å². The molecule has 0 aliphatic carbocycles. The molecular formula is C14H11ClN4O. The van der Waals surface area contributed by atoms with E-state index in [1.165, 1.54) is 4.52 Å². The van der Waals surface area contributed by atoms with Gasteiger partial charge in [-0.3, -0.25) is 4.79 Å². The number of nitrogens with zero attached hydrogens (tertiary/aromatic N) is 3. The van der Waals surface area contributed by atoms with E-state index in [1.807, 2.05) is 31.2 Å². The molecule has 2 N–H and O–H groups in total. The van der Waals surface area contributed by atoms with Gasteiger partial charge >= 0.3 is 0 Å². The molecule has 0 aliphatic rings. The van der Waals surface area contributed by atoms with Gasteiger partial charge in [0.2, 0.25) is 0 Å². The smallest absolute Gasteiger partial charge is 0.269 e. The SMILES string of the molecule is Cc1ccc(-c2nc3ccc(Cl)nn3c2C(N)=O)cc1. The van der Waals surface area contributed by atoms with E-state index in [1.54, 1.807) is 12.1 Å². The average Bonchev–Trinajstić information content (AvgIpc) is 2.78. The molecule has 0 saturated carbocycles. The monoisotopic (exact) mass is 286 g/mol. The van der Waals surface area contributed by atoms with Crippen LogP contribution in [0.25, 0.3) is 16.9 Å². The molecule has 0 radical (unpaired) electrons. The van der Waals surface area contributed by atoms with E-state index in [0.717, 1.165) is 11.1 Å². The molecule has 5 nitrogen and oxygen atoms in total. The Hall–Kier alpha value is -2.40. The summed E-state index contributed by atoms with van der Waals surface area (Å²) in [7, 11) is 0. The van der Waals surface area contributed by atoms with Crippen LogP contribution in [0.3, 0.4) is 0 Å². The maximum absolute atomic E-state index is 11.7. The molecule has 2 aromatic heterocycles. The lowest BCUT2D eigenvalue weighted by molar-refractivity contribution is 0.0994. The molecule has 3 rings (SSSR count). The molecule has 0 aliphatic heterocycles. The van der Waals surface area contributed by atoms with Crippen molar-refractivity contribution >= 4 is 23.2 Å². The number of hydrogen-bond donors (Lipinski definition) is 1. The third-order valence-corrected chi connectivity index (χ3v) is 3.20. The number of aryl methyl sites for hydroxylation is 1. The summed E-state index contributed by atoms with van der Waals surface area (Å²) in [4.78, 5) is 16.1. The summed E-state index contributed by atoms with van der Waals surface area (Å²) in [6.45, 7) is 1.99. The number of nitrogens with two attached hydrogens (primary N) is 1. The number of hydrogen-bond acceptors (Lipinski definition) is 3. The van der Waals surface area contributed by atoms with Gasteiger partial charge in [0.1, 0.15) is 10.8 Å². The molecule has 0 unspecified atom stereocenters. The van der Waals surface area contributed by atoms with E-state index in [0.29, 0.717) is 11.3 Å². The molecule has 0 spiro atoms. The predicted octanol–water partition coefficient (Wildman–Crippen LogP) is 2.46. The molecular weight excluding hydrogens is 276 g/mol. The van der Waals surface area contributed by atoms with Gasteiger partial charge in [0, 0.05) is 5.56 Å². The van der Waals surface area contributed by atoms with Crippen molar-refractivity contribution in [1.82, 2.24) is 14.6 Å². The molecule has 20 heavy (non-hydrogen) atoms. The summed E-state index contributed by atoms with van der Waals surface area (Å²) in [5.41, 5.74) is 8.66. The van der Waals surface area contributed by atoms with Crippen molar-refractivity contribution in [3.05, 3.63) is 52.8 Å². The lowest BCUT2D eigenvalue weighted by Gasteiger charge is -2.01. The van der Waals surface area contributed by atoms with Gasteiger partial charge in [0.15, 0.2) is 11.3 Å². The number of carbonyl (C=O) groups excluding carboxylic acids is 1. The van der Waals surface area contributed by atoms with E-state index in [2.05, 4.69) is 10.1 Å². The largest absolute Gasteiger partial charge is 0.364 e. The van der Waals surface area contributed by atoms with Crippen molar-refractivity contribution < 1.29 is 4.79 Å². The standard InChI is InChI=1S/C14H11ClN4O/c1-8-2-4-9(5-3-8)12-13(14(16)20)19-11(17-12)7-6-10(15)18-19/h2-7H,1H3,(H2,16,20). The lowest BCUT2D eigenvalue weighted by Crippen LogP contribution is -2.16. The maximum Gasteiger partial charge on any atom is 0.269 e. The molecule has 0 bridgehead atoms. The molecule has 0 atom stereocenters. The highest BCUT2D eigenvalue weighted by atomic mass is 35.5. The van der Waals surface area contributed by atoms with Crippen LogP contribution < -0.4 is 5.73 Å². The van der Waals surface area contributed by atoms with Crippen molar-refractivity contribution in [2.24, 2.45) is 5.73 Å². The Morgan fingerprint density at radius 2 is 1.90 bits per heavy atom. The number of imidazole rings is 1. The Bertz CT molecular complexity index is 808. The summed E-state index contributed by atoms with van der Waals surface area (Å²) < 4.78 is 1.37. The molecule has 1 amide bonds. The number of carbonyl (C=O) groups is 1. The topological polar surface area (TPSA) is 73.3 Å². The zero-order valence-electron chi connectivity index (χ0n) is 10.7. The van der Waals surface area contributed by atoms with E-state index < -0.39 is 5.91 Å². The van der Waals surface area contributed by atoms with Crippen LogP contribution in [0.15, 0.2) is 36.4 Å². The van der Waals surface area contributed by atoms with Gasteiger partial charge < -0.3 is 5.73 Å². The van der Waals surface area contributed by atoms with Crippen LogP contribution in [0, 0.1) is 6.92 Å². The first-order valence-corrected chi connectivity index (χ1v) is 6.36. The van der Waals surface area contributed by atoms with Crippen LogP contribution in [0.2, 0.25) is 5.15 Å². The zero-order chi connectivity index (χ0) is 14.3. The fourth-order valence-corrected chi connectivity index (χ4v) is 2.18. The minimum absolute atomic E-state index is 0.228. The number of primary amides is 1. The third kappa shape index (κ3) is 2.02. The first kappa shape index (κ1) is 12.6. The first-order chi connectivity index (χ1) is 9.56. The number of rotatable bonds is 2. The normalized spacial score (nSPS) is 10.9. The summed E-state index contributed by atoms with van der Waals surface area (Å²) >= 11 is 5.86. The minimum atomic E-state index is -0.595. The summed E-state index contributed by atoms with van der Waals surface area (Å²) in [6, 6.07) is 11.0. The van der Waals surface area contributed by atoms with Crippen molar-refractivity contribution in [2.75, 3.05) is 0 Å². The number of halogens is 1. The molecule has 6 heteroatoms. The lowest BCUT2D eigenvalue weighted by atomic mass is 10.1. The van der Waals surface area contributed by atoms with Gasteiger partial charge in [-0.1, -0.05) is 41.4 Å². The first-order valence-electron chi connectivity index (χ1n) is 5.98. The van der Waals surface area contributed by atoms with E-state index in [-0.39, 0.29) is 10.8 Å². The van der Waals surface area contributed by atoms with Gasteiger partial charge in [0.05, 0.1) is 0 Å². The summed E-state index contributed by atoms with van der Waals surface area (Å²) in [5.74, 6) is -0.595. The fourth-order valence-electron chi connectivity index (χ4n) is 2.04. The van der Waals surface area contributed by atoms with Crippen molar-refractivity contribution in [3.8, 4) is 11.3 Å². The zero-order valence-corrected chi connectivity index (χ0v) is 11.4. The molecule has 3 aromatic rings. The highest BCUT2D eigenvalue weighted by molar-refractivity contribution is 6.29. The van der Waals surface area contributed by atoms with Gasteiger partial charge in [-0.15, -0.1) is 0 Å². The van der Waals surface area contributed by atoms with Crippen LogP contribution in [0.5, 0.6) is 0 Å². The fraction of sp³-hybridized carbons (Fsp3) is 0.0714. The van der Waals surface area contributed by atoms with Crippen molar-refractivity contribution in [1.29, 1.82) is 0 Å². The van der Waals surface area contributed by atoms with Gasteiger partial charge in [0.25, 0.3) is 5.91 Å². The third-order valence-electron chi connectivity index (χ3n) is 3.00. The van der Waals surface area contributed by atoms with Gasteiger partial charge in [-0.25, -0.2) is 9.50 Å². The second kappa shape index (κ2) is 4.61. The van der Waals surface area contributed by atoms with Crippen LogP contribution in [0.1, 0.15) is 16.1 Å². The van der Waals surface area contributed by atoms with Gasteiger partial charge in [-0.05, 0) is 19.1 Å². The molecule has 1 aromatic carbocycles. The van der Waals surface area contributed by atoms with Crippen LogP contribution in [0.4, 0.5) is 0 Å². The molecule has 0 fully saturated rings. The van der Waals surface area contributed by atoms with E-state index >= 15 is 0 Å². The van der Waals surface area contributed by atoms with Crippen molar-refractivity contribution in [2.45, 2.75) is 6.92 Å². The number of aromatic nitrogens is 3. The van der Waals surface area contributed by atoms with Crippen LogP contribution in [-0.4, -0.2) is 20.5 Å².